The predicted molar refractivity (Wildman–Crippen MR) is 113 cm³/mol. The Balaban J connectivity index is 1.46. The summed E-state index contributed by atoms with van der Waals surface area (Å²) in [4.78, 5) is 30.7. The minimum absolute atomic E-state index is 0.136. The first-order valence-electron chi connectivity index (χ1n) is 8.25. The lowest BCUT2D eigenvalue weighted by molar-refractivity contribution is -0.116. The van der Waals surface area contributed by atoms with Gasteiger partial charge in [0.15, 0.2) is 5.13 Å². The summed E-state index contributed by atoms with van der Waals surface area (Å²) >= 11 is 13.4. The number of hydrogen-bond acceptors (Lipinski definition) is 4. The fraction of sp³-hybridized carbons (Fsp3) is 0.0500. The molecule has 0 bridgehead atoms. The molecule has 2 amide bonds. The van der Waals surface area contributed by atoms with Gasteiger partial charge >= 0.3 is 0 Å². The summed E-state index contributed by atoms with van der Waals surface area (Å²) in [5.41, 5.74) is 3.17. The van der Waals surface area contributed by atoms with Gasteiger partial charge in [0.1, 0.15) is 6.54 Å². The van der Waals surface area contributed by atoms with E-state index in [2.05, 4.69) is 16.9 Å². The van der Waals surface area contributed by atoms with Crippen molar-refractivity contribution in [3.8, 4) is 11.3 Å². The Labute approximate surface area is 175 Å². The van der Waals surface area contributed by atoms with Crippen molar-refractivity contribution in [1.29, 1.82) is 0 Å². The maximum absolute atomic E-state index is 12.5. The summed E-state index contributed by atoms with van der Waals surface area (Å²) in [7, 11) is 0. The van der Waals surface area contributed by atoms with E-state index in [4.69, 9.17) is 23.2 Å². The molecular formula is C20H13Cl2N3O2S. The zero-order chi connectivity index (χ0) is 19.8. The Morgan fingerprint density at radius 1 is 1.14 bits per heavy atom. The van der Waals surface area contributed by atoms with Crippen molar-refractivity contribution in [3.63, 3.8) is 0 Å². The van der Waals surface area contributed by atoms with Crippen LogP contribution in [-0.2, 0) is 4.79 Å². The number of thiazole rings is 1. The van der Waals surface area contributed by atoms with Crippen LogP contribution >= 0.6 is 34.5 Å². The van der Waals surface area contributed by atoms with Crippen molar-refractivity contribution in [1.82, 2.24) is 9.88 Å². The minimum Gasteiger partial charge on any atom is -0.300 e. The van der Waals surface area contributed by atoms with Crippen molar-refractivity contribution in [2.24, 2.45) is 0 Å². The molecule has 1 aliphatic rings. The van der Waals surface area contributed by atoms with E-state index in [0.717, 1.165) is 11.1 Å². The summed E-state index contributed by atoms with van der Waals surface area (Å²) in [6, 6.07) is 12.3. The smallest absolute Gasteiger partial charge is 0.259 e. The van der Waals surface area contributed by atoms with Crippen molar-refractivity contribution < 1.29 is 9.59 Å². The van der Waals surface area contributed by atoms with E-state index in [-0.39, 0.29) is 18.4 Å². The van der Waals surface area contributed by atoms with Gasteiger partial charge < -0.3 is 5.32 Å². The number of aromatic nitrogens is 1. The summed E-state index contributed by atoms with van der Waals surface area (Å²) in [6.45, 7) is 3.80. The number of nitrogens with one attached hydrogen (secondary N) is 1. The van der Waals surface area contributed by atoms with Crippen LogP contribution in [0.25, 0.3) is 17.0 Å². The molecule has 28 heavy (non-hydrogen) atoms. The lowest BCUT2D eigenvalue weighted by Gasteiger charge is -2.16. The molecule has 0 atom stereocenters. The molecule has 0 fully saturated rings. The molecule has 4 rings (SSSR count). The zero-order valence-electron chi connectivity index (χ0n) is 14.4. The second-order valence-corrected chi connectivity index (χ2v) is 7.80. The molecule has 2 aromatic carbocycles. The maximum atomic E-state index is 12.5. The number of nitrogens with zero attached hydrogens (tertiary/aromatic N) is 2. The average molecular weight is 430 g/mol. The highest BCUT2D eigenvalue weighted by Crippen LogP contribution is 2.33. The predicted octanol–water partition coefficient (Wildman–Crippen LogP) is 5.18. The van der Waals surface area contributed by atoms with Crippen molar-refractivity contribution in [2.45, 2.75) is 0 Å². The van der Waals surface area contributed by atoms with Gasteiger partial charge in [-0.3, -0.25) is 14.5 Å². The lowest BCUT2D eigenvalue weighted by Crippen LogP contribution is -2.32. The van der Waals surface area contributed by atoms with E-state index in [9.17, 15) is 9.59 Å². The number of carbonyl (C=O) groups is 2. The van der Waals surface area contributed by atoms with Gasteiger partial charge in [0.05, 0.1) is 10.7 Å². The highest BCUT2D eigenvalue weighted by molar-refractivity contribution is 7.14. The van der Waals surface area contributed by atoms with Crippen molar-refractivity contribution >= 4 is 57.2 Å². The molecule has 0 spiro atoms. The minimum atomic E-state index is -0.356. The molecule has 1 aromatic heterocycles. The molecule has 5 nitrogen and oxygen atoms in total. The summed E-state index contributed by atoms with van der Waals surface area (Å²) in [6.07, 6.45) is 0. The van der Waals surface area contributed by atoms with Crippen LogP contribution in [0.3, 0.4) is 0 Å². The number of benzene rings is 2. The van der Waals surface area contributed by atoms with Gasteiger partial charge in [0.25, 0.3) is 5.91 Å². The van der Waals surface area contributed by atoms with Crippen LogP contribution < -0.4 is 5.32 Å². The van der Waals surface area contributed by atoms with E-state index in [1.165, 1.54) is 16.2 Å². The Kier molecular flexibility index (Phi) is 4.93. The average Bonchev–Trinajstić information content (AvgIpc) is 3.21. The van der Waals surface area contributed by atoms with E-state index in [1.807, 2.05) is 12.1 Å². The molecule has 2 heterocycles. The van der Waals surface area contributed by atoms with E-state index in [1.54, 1.807) is 35.7 Å². The maximum Gasteiger partial charge on any atom is 0.259 e. The Morgan fingerprint density at radius 3 is 2.61 bits per heavy atom. The van der Waals surface area contributed by atoms with Gasteiger partial charge in [-0.25, -0.2) is 4.98 Å². The molecule has 0 saturated heterocycles. The van der Waals surface area contributed by atoms with Gasteiger partial charge in [-0.2, -0.15) is 0 Å². The zero-order valence-corrected chi connectivity index (χ0v) is 16.7. The fourth-order valence-electron chi connectivity index (χ4n) is 2.96. The quantitative estimate of drug-likeness (QED) is 0.620. The van der Waals surface area contributed by atoms with Crippen LogP contribution in [-0.4, -0.2) is 28.2 Å². The Bertz CT molecular complexity index is 1090. The Morgan fingerprint density at radius 2 is 1.89 bits per heavy atom. The van der Waals surface area contributed by atoms with Gasteiger partial charge in [-0.05, 0) is 24.3 Å². The van der Waals surface area contributed by atoms with Crippen molar-refractivity contribution in [2.75, 3.05) is 11.9 Å². The standard InChI is InChI=1S/C20H13Cl2N3O2S/c1-11-13-4-2-3-5-14(13)19(27)25(11)9-18(26)24-20-23-17(10-28-20)15-7-6-12(21)8-16(15)22/h2-8,10H,1,9H2,(H,23,24,26). The summed E-state index contributed by atoms with van der Waals surface area (Å²) < 4.78 is 0. The Hall–Kier alpha value is -2.67. The SMILES string of the molecule is C=C1c2ccccc2C(=O)N1CC(=O)Nc1nc(-c2ccc(Cl)cc2Cl)cs1. The van der Waals surface area contributed by atoms with Crippen LogP contribution in [0.15, 0.2) is 54.4 Å². The third-order valence-corrected chi connectivity index (χ3v) is 5.60. The largest absolute Gasteiger partial charge is 0.300 e. The fourth-order valence-corrected chi connectivity index (χ4v) is 4.19. The third kappa shape index (κ3) is 3.42. The third-order valence-electron chi connectivity index (χ3n) is 4.30. The van der Waals surface area contributed by atoms with E-state index < -0.39 is 0 Å². The molecular weight excluding hydrogens is 417 g/mol. The van der Waals surface area contributed by atoms with Gasteiger partial charge in [0.2, 0.25) is 5.91 Å². The molecule has 0 aliphatic carbocycles. The molecule has 8 heteroatoms. The molecule has 3 aromatic rings. The van der Waals surface area contributed by atoms with Gasteiger partial charge in [-0.1, -0.05) is 48.0 Å². The number of carbonyl (C=O) groups excluding carboxylic acids is 2. The molecule has 0 saturated carbocycles. The van der Waals surface area contributed by atoms with Crippen LogP contribution in [0.1, 0.15) is 15.9 Å². The van der Waals surface area contributed by atoms with Crippen molar-refractivity contribution in [3.05, 3.63) is 75.6 Å². The van der Waals surface area contributed by atoms with Gasteiger partial charge in [-0.15, -0.1) is 11.3 Å². The highest BCUT2D eigenvalue weighted by atomic mass is 35.5. The van der Waals surface area contributed by atoms with Crippen LogP contribution in [0.2, 0.25) is 10.0 Å². The number of hydrogen-bond donors (Lipinski definition) is 1. The van der Waals surface area contributed by atoms with E-state index in [0.29, 0.717) is 32.1 Å². The molecule has 1 aliphatic heterocycles. The first-order valence-corrected chi connectivity index (χ1v) is 9.88. The number of fused-ring (bicyclic) bond motifs is 1. The summed E-state index contributed by atoms with van der Waals surface area (Å²) in [5.74, 6) is -0.589. The van der Waals surface area contributed by atoms with E-state index >= 15 is 0 Å². The second-order valence-electron chi connectivity index (χ2n) is 6.09. The topological polar surface area (TPSA) is 62.3 Å². The molecule has 1 N–H and O–H groups in total. The second kappa shape index (κ2) is 7.39. The molecule has 0 unspecified atom stereocenters. The van der Waals surface area contributed by atoms with Gasteiger partial charge in [0, 0.05) is 32.8 Å². The highest BCUT2D eigenvalue weighted by Gasteiger charge is 2.32. The number of halogens is 2. The van der Waals surface area contributed by atoms with Crippen LogP contribution in [0.4, 0.5) is 5.13 Å². The first kappa shape index (κ1) is 18.7. The monoisotopic (exact) mass is 429 g/mol. The molecule has 0 radical (unpaired) electrons. The lowest BCUT2D eigenvalue weighted by atomic mass is 10.1. The first-order chi connectivity index (χ1) is 13.4. The number of amides is 2. The normalized spacial score (nSPS) is 13.0. The van der Waals surface area contributed by atoms with Crippen LogP contribution in [0.5, 0.6) is 0 Å². The molecule has 140 valence electrons. The summed E-state index contributed by atoms with van der Waals surface area (Å²) in [5, 5.41) is 5.95. The van der Waals surface area contributed by atoms with Crippen LogP contribution in [0, 0.1) is 0 Å². The number of anilines is 1. The number of rotatable bonds is 4.